The van der Waals surface area contributed by atoms with Crippen LogP contribution in [0.1, 0.15) is 48.0 Å². The number of benzene rings is 1. The molecule has 21 heavy (non-hydrogen) atoms. The molecule has 1 aliphatic carbocycles. The van der Waals surface area contributed by atoms with Gasteiger partial charge in [-0.3, -0.25) is 9.59 Å². The summed E-state index contributed by atoms with van der Waals surface area (Å²) in [4.78, 5) is 23.2. The molecule has 0 amide bonds. The predicted octanol–water partition coefficient (Wildman–Crippen LogP) is 3.28. The van der Waals surface area contributed by atoms with E-state index >= 15 is 0 Å². The van der Waals surface area contributed by atoms with Crippen LogP contribution in [0, 0.1) is 0 Å². The molecule has 1 fully saturated rings. The Morgan fingerprint density at radius 1 is 1.24 bits per heavy atom. The van der Waals surface area contributed by atoms with Crippen molar-refractivity contribution >= 4 is 28.2 Å². The molecular formula is C15H15BrO5. The maximum atomic E-state index is 12.0. The lowest BCUT2D eigenvalue weighted by Gasteiger charge is -2.34. The van der Waals surface area contributed by atoms with Crippen molar-refractivity contribution in [3.63, 3.8) is 0 Å². The van der Waals surface area contributed by atoms with Crippen molar-refractivity contribution in [2.24, 2.45) is 0 Å². The second-order valence-electron chi connectivity index (χ2n) is 5.45. The van der Waals surface area contributed by atoms with Gasteiger partial charge >= 0.3 is 5.97 Å². The molecular weight excluding hydrogens is 340 g/mol. The molecule has 6 heteroatoms. The molecule has 112 valence electrons. The van der Waals surface area contributed by atoms with Gasteiger partial charge in [-0.1, -0.05) is 19.3 Å². The maximum absolute atomic E-state index is 12.0. The highest BCUT2D eigenvalue weighted by atomic mass is 79.9. The third-order valence-electron chi connectivity index (χ3n) is 4.38. The van der Waals surface area contributed by atoms with E-state index in [-0.39, 0.29) is 6.79 Å². The highest BCUT2D eigenvalue weighted by Crippen LogP contribution is 2.50. The van der Waals surface area contributed by atoms with E-state index in [1.165, 1.54) is 0 Å². The van der Waals surface area contributed by atoms with Crippen LogP contribution >= 0.6 is 15.9 Å². The highest BCUT2D eigenvalue weighted by molar-refractivity contribution is 9.10. The number of fused-ring (bicyclic) bond motifs is 1. The van der Waals surface area contributed by atoms with Crippen molar-refractivity contribution in [3.8, 4) is 11.5 Å². The van der Waals surface area contributed by atoms with Crippen molar-refractivity contribution in [2.75, 3.05) is 6.79 Å². The first kappa shape index (κ1) is 14.4. The molecule has 3 rings (SSSR count). The molecule has 0 unspecified atom stereocenters. The lowest BCUT2D eigenvalue weighted by atomic mass is 9.69. The molecule has 0 bridgehead atoms. The Hall–Kier alpha value is -1.56. The van der Waals surface area contributed by atoms with Gasteiger partial charge in [0.1, 0.15) is 0 Å². The van der Waals surface area contributed by atoms with Gasteiger partial charge in [0.25, 0.3) is 0 Å². The molecule has 0 spiro atoms. The van der Waals surface area contributed by atoms with Crippen LogP contribution in [0.4, 0.5) is 0 Å². The number of ether oxygens (including phenoxy) is 2. The van der Waals surface area contributed by atoms with E-state index in [2.05, 4.69) is 15.9 Å². The molecule has 1 aromatic carbocycles. The van der Waals surface area contributed by atoms with Gasteiger partial charge in [-0.2, -0.15) is 0 Å². The first-order valence-electron chi connectivity index (χ1n) is 6.91. The van der Waals surface area contributed by atoms with Crippen LogP contribution in [0.3, 0.4) is 0 Å². The lowest BCUT2D eigenvalue weighted by molar-refractivity contribution is -0.145. The Labute approximate surface area is 130 Å². The lowest BCUT2D eigenvalue weighted by Crippen LogP contribution is -2.38. The summed E-state index contributed by atoms with van der Waals surface area (Å²) in [6.45, 7) is 0.00925. The minimum atomic E-state index is -0.958. The fourth-order valence-corrected chi connectivity index (χ4v) is 3.78. The summed E-state index contributed by atoms with van der Waals surface area (Å²) in [5.74, 6) is -0.0872. The van der Waals surface area contributed by atoms with E-state index in [1.54, 1.807) is 6.07 Å². The number of hydrogen-bond donors (Lipinski definition) is 1. The van der Waals surface area contributed by atoms with Crippen LogP contribution < -0.4 is 9.47 Å². The Morgan fingerprint density at radius 3 is 2.52 bits per heavy atom. The zero-order chi connectivity index (χ0) is 15.0. The summed E-state index contributed by atoms with van der Waals surface area (Å²) in [5.41, 5.74) is 0.0160. The molecule has 0 radical (unpaired) electrons. The van der Waals surface area contributed by atoms with Crippen molar-refractivity contribution in [1.82, 2.24) is 0 Å². The average molecular weight is 355 g/mol. The van der Waals surface area contributed by atoms with E-state index in [9.17, 15) is 14.7 Å². The Morgan fingerprint density at radius 2 is 1.90 bits per heavy atom. The fourth-order valence-electron chi connectivity index (χ4n) is 3.28. The molecule has 2 aliphatic rings. The van der Waals surface area contributed by atoms with Crippen LogP contribution in [-0.2, 0) is 10.2 Å². The Balaban J connectivity index is 2.22. The summed E-state index contributed by atoms with van der Waals surface area (Å²) < 4.78 is 11.4. The van der Waals surface area contributed by atoms with E-state index in [0.29, 0.717) is 46.2 Å². The number of carboxylic acid groups (broad SMARTS) is 1. The Bertz CT molecular complexity index is 605. The summed E-state index contributed by atoms with van der Waals surface area (Å²) in [6, 6.07) is 1.71. The van der Waals surface area contributed by atoms with E-state index in [0.717, 1.165) is 19.3 Å². The zero-order valence-corrected chi connectivity index (χ0v) is 12.9. The van der Waals surface area contributed by atoms with E-state index in [4.69, 9.17) is 9.47 Å². The third-order valence-corrected chi connectivity index (χ3v) is 5.04. The van der Waals surface area contributed by atoms with Gasteiger partial charge in [0.2, 0.25) is 6.79 Å². The quantitative estimate of drug-likeness (QED) is 0.843. The second-order valence-corrected chi connectivity index (χ2v) is 6.30. The molecule has 0 atom stereocenters. The third kappa shape index (κ3) is 2.12. The van der Waals surface area contributed by atoms with Crippen LogP contribution in [0.25, 0.3) is 0 Å². The number of carbonyl (C=O) groups is 2. The molecule has 5 nitrogen and oxygen atoms in total. The highest BCUT2D eigenvalue weighted by Gasteiger charge is 2.45. The molecule has 1 aromatic rings. The van der Waals surface area contributed by atoms with Gasteiger partial charge in [-0.15, -0.1) is 0 Å². The first-order valence-corrected chi connectivity index (χ1v) is 7.70. The fraction of sp³-hybridized carbons (Fsp3) is 0.467. The van der Waals surface area contributed by atoms with Crippen LogP contribution in [0.5, 0.6) is 11.5 Å². The molecule has 1 N–H and O–H groups in total. The van der Waals surface area contributed by atoms with E-state index in [1.807, 2.05) is 0 Å². The number of aliphatic carboxylic acids is 1. The van der Waals surface area contributed by atoms with Crippen LogP contribution in [0.15, 0.2) is 10.5 Å². The summed E-state index contributed by atoms with van der Waals surface area (Å²) in [6.07, 6.45) is 4.62. The minimum Gasteiger partial charge on any atom is -0.481 e. The number of aldehydes is 1. The van der Waals surface area contributed by atoms with Gasteiger partial charge in [-0.25, -0.2) is 0 Å². The van der Waals surface area contributed by atoms with Crippen molar-refractivity contribution < 1.29 is 24.2 Å². The minimum absolute atomic E-state index is 0.00925. The summed E-state index contributed by atoms with van der Waals surface area (Å²) >= 11 is 3.34. The smallest absolute Gasteiger partial charge is 0.314 e. The van der Waals surface area contributed by atoms with E-state index < -0.39 is 11.4 Å². The number of halogens is 1. The van der Waals surface area contributed by atoms with Gasteiger partial charge in [0, 0.05) is 10.0 Å². The summed E-state index contributed by atoms with van der Waals surface area (Å²) in [7, 11) is 0. The molecule has 1 saturated carbocycles. The van der Waals surface area contributed by atoms with Crippen molar-refractivity contribution in [2.45, 2.75) is 37.5 Å². The summed E-state index contributed by atoms with van der Waals surface area (Å²) in [5, 5.41) is 9.81. The Kier molecular flexibility index (Phi) is 3.65. The number of rotatable bonds is 3. The van der Waals surface area contributed by atoms with Gasteiger partial charge in [0.15, 0.2) is 17.8 Å². The van der Waals surface area contributed by atoms with Crippen molar-refractivity contribution in [1.29, 1.82) is 0 Å². The first-order chi connectivity index (χ1) is 10.1. The average Bonchev–Trinajstić information content (AvgIpc) is 2.96. The predicted molar refractivity (Wildman–Crippen MR) is 78.1 cm³/mol. The standard InChI is InChI=1S/C15H15BrO5/c16-11-6-10(13-12(9(11)7-17)20-8-21-13)15(14(18)19)4-2-1-3-5-15/h6-7H,1-5,8H2,(H,18,19). The molecule has 0 saturated heterocycles. The SMILES string of the molecule is O=Cc1c(Br)cc(C2(C(=O)O)CCCCC2)c2c1OCO2. The monoisotopic (exact) mass is 354 g/mol. The molecule has 1 aliphatic heterocycles. The van der Waals surface area contributed by atoms with Crippen molar-refractivity contribution in [3.05, 3.63) is 21.7 Å². The molecule has 1 heterocycles. The van der Waals surface area contributed by atoms with Crippen LogP contribution in [-0.4, -0.2) is 24.2 Å². The molecule has 0 aromatic heterocycles. The maximum Gasteiger partial charge on any atom is 0.314 e. The van der Waals surface area contributed by atoms with Crippen LogP contribution in [0.2, 0.25) is 0 Å². The number of carbonyl (C=O) groups excluding carboxylic acids is 1. The number of carboxylic acids is 1. The van der Waals surface area contributed by atoms with Gasteiger partial charge in [-0.05, 0) is 34.8 Å². The largest absolute Gasteiger partial charge is 0.481 e. The number of hydrogen-bond acceptors (Lipinski definition) is 4. The van der Waals surface area contributed by atoms with Gasteiger partial charge < -0.3 is 14.6 Å². The van der Waals surface area contributed by atoms with Gasteiger partial charge in [0.05, 0.1) is 11.0 Å². The zero-order valence-electron chi connectivity index (χ0n) is 11.4. The topological polar surface area (TPSA) is 72.8 Å². The normalized spacial score (nSPS) is 19.3. The second kappa shape index (κ2) is 5.33.